The lowest BCUT2D eigenvalue weighted by molar-refractivity contribution is -0.126. The lowest BCUT2D eigenvalue weighted by atomic mass is 10.0. The molecular formula is C10H21NO3. The van der Waals surface area contributed by atoms with Gasteiger partial charge >= 0.3 is 0 Å². The van der Waals surface area contributed by atoms with Crippen LogP contribution in [0.25, 0.3) is 0 Å². The maximum Gasteiger partial charge on any atom is 0.222 e. The second-order valence-electron chi connectivity index (χ2n) is 4.23. The van der Waals surface area contributed by atoms with E-state index in [0.29, 0.717) is 13.0 Å². The second-order valence-corrected chi connectivity index (χ2v) is 4.23. The van der Waals surface area contributed by atoms with Gasteiger partial charge in [-0.05, 0) is 19.8 Å². The van der Waals surface area contributed by atoms with Crippen molar-refractivity contribution >= 4 is 5.91 Å². The first kappa shape index (κ1) is 13.4. The molecule has 0 saturated heterocycles. The lowest BCUT2D eigenvalue weighted by Crippen LogP contribution is -2.36. The maximum absolute atomic E-state index is 11.4. The van der Waals surface area contributed by atoms with Crippen LogP contribution in [0, 0.1) is 5.92 Å². The smallest absolute Gasteiger partial charge is 0.222 e. The molecule has 84 valence electrons. The first-order valence-electron chi connectivity index (χ1n) is 4.84. The van der Waals surface area contributed by atoms with Gasteiger partial charge in [0.25, 0.3) is 0 Å². The standard InChI is InChI=1S/C10H21NO3/c1-8(7-12)6-11-9(13)5-10(2,3)14-4/h8,12H,5-7H2,1-4H3,(H,11,13). The van der Waals surface area contributed by atoms with Gasteiger partial charge in [0.15, 0.2) is 0 Å². The van der Waals surface area contributed by atoms with Crippen molar-refractivity contribution in [3.05, 3.63) is 0 Å². The van der Waals surface area contributed by atoms with Gasteiger partial charge in [-0.3, -0.25) is 4.79 Å². The van der Waals surface area contributed by atoms with Gasteiger partial charge in [-0.15, -0.1) is 0 Å². The average molecular weight is 203 g/mol. The van der Waals surface area contributed by atoms with Crippen LogP contribution < -0.4 is 5.32 Å². The van der Waals surface area contributed by atoms with Crippen LogP contribution in [0.4, 0.5) is 0 Å². The number of hydrogen-bond acceptors (Lipinski definition) is 3. The lowest BCUT2D eigenvalue weighted by Gasteiger charge is -2.22. The van der Waals surface area contributed by atoms with Crippen LogP contribution in [0.2, 0.25) is 0 Å². The van der Waals surface area contributed by atoms with Crippen molar-refractivity contribution in [2.24, 2.45) is 5.92 Å². The zero-order valence-electron chi connectivity index (χ0n) is 9.46. The van der Waals surface area contributed by atoms with Crippen molar-refractivity contribution in [2.45, 2.75) is 32.8 Å². The Kier molecular flexibility index (Phi) is 5.72. The van der Waals surface area contributed by atoms with E-state index < -0.39 is 5.60 Å². The SMILES string of the molecule is COC(C)(C)CC(=O)NCC(C)CO. The van der Waals surface area contributed by atoms with Crippen LogP contribution in [0.15, 0.2) is 0 Å². The minimum atomic E-state index is -0.424. The molecule has 0 aromatic rings. The zero-order chi connectivity index (χ0) is 11.2. The van der Waals surface area contributed by atoms with Gasteiger partial charge < -0.3 is 15.2 Å². The summed E-state index contributed by atoms with van der Waals surface area (Å²) in [5.41, 5.74) is -0.424. The third-order valence-corrected chi connectivity index (χ3v) is 2.10. The van der Waals surface area contributed by atoms with Crippen LogP contribution in [-0.2, 0) is 9.53 Å². The van der Waals surface area contributed by atoms with Gasteiger partial charge in [0, 0.05) is 20.3 Å². The molecule has 0 aromatic heterocycles. The topological polar surface area (TPSA) is 58.6 Å². The highest BCUT2D eigenvalue weighted by atomic mass is 16.5. The zero-order valence-corrected chi connectivity index (χ0v) is 9.46. The van der Waals surface area contributed by atoms with Gasteiger partial charge in [-0.25, -0.2) is 0 Å². The molecule has 2 N–H and O–H groups in total. The number of aliphatic hydroxyl groups is 1. The average Bonchev–Trinajstić information content (AvgIpc) is 2.13. The molecule has 4 nitrogen and oxygen atoms in total. The third kappa shape index (κ3) is 5.94. The number of rotatable bonds is 6. The summed E-state index contributed by atoms with van der Waals surface area (Å²) in [6.07, 6.45) is 0.335. The van der Waals surface area contributed by atoms with Crippen LogP contribution in [0.5, 0.6) is 0 Å². The fraction of sp³-hybridized carbons (Fsp3) is 0.900. The fourth-order valence-electron chi connectivity index (χ4n) is 0.874. The van der Waals surface area contributed by atoms with E-state index in [9.17, 15) is 4.79 Å². The number of aliphatic hydroxyl groups excluding tert-OH is 1. The molecule has 0 aliphatic rings. The normalized spacial score (nSPS) is 13.8. The second kappa shape index (κ2) is 5.98. The molecule has 0 radical (unpaired) electrons. The van der Waals surface area contributed by atoms with Crippen LogP contribution in [-0.4, -0.2) is 36.9 Å². The Hall–Kier alpha value is -0.610. The first-order chi connectivity index (χ1) is 6.41. The molecular weight excluding hydrogens is 182 g/mol. The predicted octanol–water partition coefficient (Wildman–Crippen LogP) is 0.546. The van der Waals surface area contributed by atoms with Gasteiger partial charge in [-0.2, -0.15) is 0 Å². The van der Waals surface area contributed by atoms with Gasteiger partial charge in [0.2, 0.25) is 5.91 Å². The largest absolute Gasteiger partial charge is 0.396 e. The molecule has 0 saturated carbocycles. The van der Waals surface area contributed by atoms with E-state index in [1.54, 1.807) is 7.11 Å². The van der Waals surface area contributed by atoms with Crippen molar-refractivity contribution in [3.63, 3.8) is 0 Å². The van der Waals surface area contributed by atoms with Crippen molar-refractivity contribution < 1.29 is 14.6 Å². The Morgan fingerprint density at radius 3 is 2.57 bits per heavy atom. The number of amides is 1. The van der Waals surface area contributed by atoms with E-state index in [2.05, 4.69) is 5.32 Å². The Balaban J connectivity index is 3.76. The Labute approximate surface area is 85.6 Å². The number of carbonyl (C=O) groups excluding carboxylic acids is 1. The van der Waals surface area contributed by atoms with E-state index >= 15 is 0 Å². The van der Waals surface area contributed by atoms with E-state index in [0.717, 1.165) is 0 Å². The minimum Gasteiger partial charge on any atom is -0.396 e. The van der Waals surface area contributed by atoms with E-state index in [4.69, 9.17) is 9.84 Å². The number of carbonyl (C=O) groups is 1. The molecule has 4 heteroatoms. The van der Waals surface area contributed by atoms with Gasteiger partial charge in [-0.1, -0.05) is 6.92 Å². The van der Waals surface area contributed by atoms with Crippen molar-refractivity contribution in [1.29, 1.82) is 0 Å². The van der Waals surface area contributed by atoms with E-state index in [-0.39, 0.29) is 18.4 Å². The molecule has 0 rings (SSSR count). The van der Waals surface area contributed by atoms with Crippen molar-refractivity contribution in [1.82, 2.24) is 5.32 Å². The summed E-state index contributed by atoms with van der Waals surface area (Å²) in [6, 6.07) is 0. The number of nitrogens with one attached hydrogen (secondary N) is 1. The molecule has 0 aromatic carbocycles. The highest BCUT2D eigenvalue weighted by Gasteiger charge is 2.20. The molecule has 1 amide bonds. The van der Waals surface area contributed by atoms with Crippen LogP contribution in [0.3, 0.4) is 0 Å². The molecule has 0 bridgehead atoms. The number of hydrogen-bond donors (Lipinski definition) is 2. The maximum atomic E-state index is 11.4. The predicted molar refractivity (Wildman–Crippen MR) is 55.0 cm³/mol. The molecule has 0 fully saturated rings. The molecule has 0 heterocycles. The molecule has 0 spiro atoms. The van der Waals surface area contributed by atoms with Crippen molar-refractivity contribution in [2.75, 3.05) is 20.3 Å². The highest BCUT2D eigenvalue weighted by Crippen LogP contribution is 2.12. The minimum absolute atomic E-state index is 0.0443. The van der Waals surface area contributed by atoms with Crippen LogP contribution in [0.1, 0.15) is 27.2 Å². The fourth-order valence-corrected chi connectivity index (χ4v) is 0.874. The summed E-state index contributed by atoms with van der Waals surface area (Å²) in [6.45, 7) is 6.20. The molecule has 1 unspecified atom stereocenters. The van der Waals surface area contributed by atoms with Crippen LogP contribution >= 0.6 is 0 Å². The highest BCUT2D eigenvalue weighted by molar-refractivity contribution is 5.76. The molecule has 1 atom stereocenters. The Bertz CT molecular complexity index is 180. The quantitative estimate of drug-likeness (QED) is 0.662. The summed E-state index contributed by atoms with van der Waals surface area (Å²) in [5, 5.41) is 11.5. The van der Waals surface area contributed by atoms with Gasteiger partial charge in [0.1, 0.15) is 0 Å². The summed E-state index contributed by atoms with van der Waals surface area (Å²) >= 11 is 0. The number of methoxy groups -OCH3 is 1. The van der Waals surface area contributed by atoms with E-state index in [1.807, 2.05) is 20.8 Å². The summed E-state index contributed by atoms with van der Waals surface area (Å²) in [7, 11) is 1.59. The molecule has 0 aliphatic heterocycles. The Morgan fingerprint density at radius 1 is 1.57 bits per heavy atom. The van der Waals surface area contributed by atoms with E-state index in [1.165, 1.54) is 0 Å². The first-order valence-corrected chi connectivity index (χ1v) is 4.84. The summed E-state index contributed by atoms with van der Waals surface area (Å²) < 4.78 is 5.13. The van der Waals surface area contributed by atoms with Crippen molar-refractivity contribution in [3.8, 4) is 0 Å². The number of ether oxygens (including phenoxy) is 1. The monoisotopic (exact) mass is 203 g/mol. The third-order valence-electron chi connectivity index (χ3n) is 2.10. The van der Waals surface area contributed by atoms with Gasteiger partial charge in [0.05, 0.1) is 12.0 Å². The summed E-state index contributed by atoms with van der Waals surface area (Å²) in [4.78, 5) is 11.4. The summed E-state index contributed by atoms with van der Waals surface area (Å²) in [5.74, 6) is 0.0572. The molecule has 0 aliphatic carbocycles. The molecule has 14 heavy (non-hydrogen) atoms. The Morgan fingerprint density at radius 2 is 2.14 bits per heavy atom.